The molecule has 1 aliphatic heterocycles. The van der Waals surface area contributed by atoms with E-state index in [9.17, 15) is 0 Å². The molecule has 1 fully saturated rings. The second-order valence-corrected chi connectivity index (χ2v) is 7.71. The van der Waals surface area contributed by atoms with Gasteiger partial charge >= 0.3 is 0 Å². The van der Waals surface area contributed by atoms with Crippen molar-refractivity contribution in [1.82, 2.24) is 14.7 Å². The van der Waals surface area contributed by atoms with Crippen molar-refractivity contribution in [2.45, 2.75) is 52.5 Å². The molecule has 1 aromatic heterocycles. The number of aryl methyl sites for hydroxylation is 1. The number of hydrogen-bond acceptors (Lipinski definition) is 3. The van der Waals surface area contributed by atoms with Crippen LogP contribution in [-0.2, 0) is 17.8 Å². The summed E-state index contributed by atoms with van der Waals surface area (Å²) in [6.45, 7) is 11.8. The lowest BCUT2D eigenvalue weighted by Crippen LogP contribution is -2.51. The molecule has 0 N–H and O–H groups in total. The largest absolute Gasteiger partial charge is 0.370 e. The molecule has 1 aromatic carbocycles. The lowest BCUT2D eigenvalue weighted by atomic mass is 10.0. The van der Waals surface area contributed by atoms with Gasteiger partial charge in [0.2, 0.25) is 0 Å². The molecule has 0 saturated carbocycles. The van der Waals surface area contributed by atoms with Gasteiger partial charge in [-0.25, -0.2) is 4.68 Å². The molecule has 2 heterocycles. The third-order valence-corrected chi connectivity index (χ3v) is 4.80. The SMILES string of the molecule is Cc1nn(Cc2ccccc2)c(Cl)c1CN1C[C@@H](C)OC(C)(C)C1. The fraction of sp³-hybridized carbons (Fsp3) is 0.526. The van der Waals surface area contributed by atoms with Crippen LogP contribution in [0.4, 0.5) is 0 Å². The van der Waals surface area contributed by atoms with Crippen molar-refractivity contribution in [3.63, 3.8) is 0 Å². The van der Waals surface area contributed by atoms with Crippen molar-refractivity contribution >= 4 is 11.6 Å². The van der Waals surface area contributed by atoms with Crippen LogP contribution in [0.25, 0.3) is 0 Å². The molecular weight excluding hydrogens is 322 g/mol. The first kappa shape index (κ1) is 17.5. The monoisotopic (exact) mass is 347 g/mol. The van der Waals surface area contributed by atoms with E-state index >= 15 is 0 Å². The minimum absolute atomic E-state index is 0.127. The molecule has 24 heavy (non-hydrogen) atoms. The zero-order valence-electron chi connectivity index (χ0n) is 14.9. The minimum Gasteiger partial charge on any atom is -0.370 e. The smallest absolute Gasteiger partial charge is 0.132 e. The average Bonchev–Trinajstić information content (AvgIpc) is 2.74. The highest BCUT2D eigenvalue weighted by molar-refractivity contribution is 6.30. The summed E-state index contributed by atoms with van der Waals surface area (Å²) in [7, 11) is 0. The Hall–Kier alpha value is -1.36. The van der Waals surface area contributed by atoms with Gasteiger partial charge < -0.3 is 4.74 Å². The maximum Gasteiger partial charge on any atom is 0.132 e. The van der Waals surface area contributed by atoms with Crippen LogP contribution in [0.2, 0.25) is 5.15 Å². The van der Waals surface area contributed by atoms with Gasteiger partial charge in [0, 0.05) is 25.2 Å². The van der Waals surface area contributed by atoms with Gasteiger partial charge in [-0.1, -0.05) is 41.9 Å². The number of halogens is 1. The molecule has 0 unspecified atom stereocenters. The van der Waals surface area contributed by atoms with Crippen LogP contribution >= 0.6 is 11.6 Å². The Balaban J connectivity index is 1.77. The third-order valence-electron chi connectivity index (χ3n) is 4.38. The van der Waals surface area contributed by atoms with Crippen LogP contribution in [0.1, 0.15) is 37.6 Å². The summed E-state index contributed by atoms with van der Waals surface area (Å²) >= 11 is 6.65. The molecule has 2 aromatic rings. The molecule has 0 amide bonds. The summed E-state index contributed by atoms with van der Waals surface area (Å²) in [4.78, 5) is 2.41. The lowest BCUT2D eigenvalue weighted by molar-refractivity contribution is -0.130. The fourth-order valence-corrected chi connectivity index (χ4v) is 3.86. The Morgan fingerprint density at radius 3 is 2.62 bits per heavy atom. The molecule has 0 bridgehead atoms. The van der Waals surface area contributed by atoms with Crippen LogP contribution in [0.15, 0.2) is 30.3 Å². The second-order valence-electron chi connectivity index (χ2n) is 7.36. The van der Waals surface area contributed by atoms with Gasteiger partial charge in [-0.15, -0.1) is 0 Å². The van der Waals surface area contributed by atoms with Gasteiger partial charge in [-0.05, 0) is 33.3 Å². The van der Waals surface area contributed by atoms with Gasteiger partial charge in [-0.3, -0.25) is 4.90 Å². The van der Waals surface area contributed by atoms with Crippen molar-refractivity contribution < 1.29 is 4.74 Å². The molecule has 0 radical (unpaired) electrons. The van der Waals surface area contributed by atoms with E-state index in [4.69, 9.17) is 16.3 Å². The second kappa shape index (κ2) is 6.87. The summed E-state index contributed by atoms with van der Waals surface area (Å²) in [6, 6.07) is 10.3. The highest BCUT2D eigenvalue weighted by Crippen LogP contribution is 2.26. The van der Waals surface area contributed by atoms with Crippen molar-refractivity contribution in [3.8, 4) is 0 Å². The highest BCUT2D eigenvalue weighted by atomic mass is 35.5. The van der Waals surface area contributed by atoms with Crippen molar-refractivity contribution in [1.29, 1.82) is 0 Å². The van der Waals surface area contributed by atoms with Gasteiger partial charge in [-0.2, -0.15) is 5.10 Å². The van der Waals surface area contributed by atoms with E-state index in [2.05, 4.69) is 42.9 Å². The Kier molecular flexibility index (Phi) is 5.00. The Morgan fingerprint density at radius 1 is 1.25 bits per heavy atom. The van der Waals surface area contributed by atoms with Crippen LogP contribution in [0.5, 0.6) is 0 Å². The van der Waals surface area contributed by atoms with Crippen molar-refractivity contribution in [2.75, 3.05) is 13.1 Å². The van der Waals surface area contributed by atoms with Crippen LogP contribution in [0.3, 0.4) is 0 Å². The van der Waals surface area contributed by atoms with Gasteiger partial charge in [0.1, 0.15) is 5.15 Å². The average molecular weight is 348 g/mol. The lowest BCUT2D eigenvalue weighted by Gasteiger charge is -2.41. The number of ether oxygens (including phenoxy) is 1. The highest BCUT2D eigenvalue weighted by Gasteiger charge is 2.32. The summed E-state index contributed by atoms with van der Waals surface area (Å²) in [6.07, 6.45) is 0.229. The van der Waals surface area contributed by atoms with Crippen molar-refractivity contribution in [2.24, 2.45) is 0 Å². The Morgan fingerprint density at radius 2 is 1.96 bits per heavy atom. The first-order valence-electron chi connectivity index (χ1n) is 8.50. The zero-order valence-corrected chi connectivity index (χ0v) is 15.7. The molecule has 1 atom stereocenters. The standard InChI is InChI=1S/C19H26ClN3O/c1-14-10-22(13-19(3,4)24-14)12-17-15(2)21-23(18(17)20)11-16-8-6-5-7-9-16/h5-9,14H,10-13H2,1-4H3/t14-/m1/s1. The summed E-state index contributed by atoms with van der Waals surface area (Å²) in [5.74, 6) is 0. The number of morpholine rings is 1. The van der Waals surface area contributed by atoms with E-state index in [1.165, 1.54) is 5.56 Å². The van der Waals surface area contributed by atoms with Crippen LogP contribution in [0, 0.1) is 6.92 Å². The van der Waals surface area contributed by atoms with Gasteiger partial charge in [0.05, 0.1) is 23.9 Å². The molecular formula is C19H26ClN3O. The topological polar surface area (TPSA) is 30.3 Å². The summed E-state index contributed by atoms with van der Waals surface area (Å²) < 4.78 is 7.89. The number of rotatable bonds is 4. The normalized spacial score (nSPS) is 21.1. The number of benzene rings is 1. The molecule has 1 saturated heterocycles. The summed E-state index contributed by atoms with van der Waals surface area (Å²) in [5.41, 5.74) is 3.21. The molecule has 4 nitrogen and oxygen atoms in total. The minimum atomic E-state index is -0.127. The molecule has 0 spiro atoms. The van der Waals surface area contributed by atoms with Crippen LogP contribution in [-0.4, -0.2) is 39.5 Å². The molecule has 5 heteroatoms. The Bertz CT molecular complexity index is 696. The summed E-state index contributed by atoms with van der Waals surface area (Å²) in [5, 5.41) is 5.40. The zero-order chi connectivity index (χ0) is 17.3. The number of nitrogens with zero attached hydrogens (tertiary/aromatic N) is 3. The van der Waals surface area contributed by atoms with E-state index in [0.717, 1.165) is 36.0 Å². The quantitative estimate of drug-likeness (QED) is 0.840. The predicted molar refractivity (Wildman–Crippen MR) is 97.4 cm³/mol. The number of hydrogen-bond donors (Lipinski definition) is 0. The van der Waals surface area contributed by atoms with Gasteiger partial charge in [0.15, 0.2) is 0 Å². The molecule has 3 rings (SSSR count). The predicted octanol–water partition coefficient (Wildman–Crippen LogP) is 3.89. The van der Waals surface area contributed by atoms with E-state index < -0.39 is 0 Å². The third kappa shape index (κ3) is 4.00. The first-order chi connectivity index (χ1) is 11.3. The Labute approximate surface area is 149 Å². The maximum absolute atomic E-state index is 6.65. The van der Waals surface area contributed by atoms with Crippen LogP contribution < -0.4 is 0 Å². The molecule has 1 aliphatic rings. The molecule has 130 valence electrons. The first-order valence-corrected chi connectivity index (χ1v) is 8.88. The van der Waals surface area contributed by atoms with E-state index in [-0.39, 0.29) is 11.7 Å². The van der Waals surface area contributed by atoms with E-state index in [0.29, 0.717) is 6.54 Å². The maximum atomic E-state index is 6.65. The van der Waals surface area contributed by atoms with E-state index in [1.54, 1.807) is 0 Å². The van der Waals surface area contributed by atoms with Gasteiger partial charge in [0.25, 0.3) is 0 Å². The number of aromatic nitrogens is 2. The van der Waals surface area contributed by atoms with E-state index in [1.807, 2.05) is 29.8 Å². The molecule has 0 aliphatic carbocycles. The van der Waals surface area contributed by atoms with Crippen molar-refractivity contribution in [3.05, 3.63) is 52.3 Å². The fourth-order valence-electron chi connectivity index (χ4n) is 3.56.